The van der Waals surface area contributed by atoms with Crippen molar-refractivity contribution in [3.63, 3.8) is 0 Å². The topological polar surface area (TPSA) is 137 Å². The molecule has 1 unspecified atom stereocenters. The summed E-state index contributed by atoms with van der Waals surface area (Å²) in [5, 5.41) is 26.6. The molecule has 192 valence electrons. The van der Waals surface area contributed by atoms with Gasteiger partial charge in [0.05, 0.1) is 0 Å². The summed E-state index contributed by atoms with van der Waals surface area (Å²) in [5.41, 5.74) is 2.21. The third-order valence-electron chi connectivity index (χ3n) is 6.64. The Morgan fingerprint density at radius 1 is 1.22 bits per heavy atom. The predicted octanol–water partition coefficient (Wildman–Crippen LogP) is 2.73. The molecule has 4 heterocycles. The van der Waals surface area contributed by atoms with Crippen LogP contribution in [0.2, 0.25) is 0 Å². The minimum Gasteiger partial charge on any atom is -0.295 e. The van der Waals surface area contributed by atoms with E-state index in [1.807, 2.05) is 29.1 Å². The Morgan fingerprint density at radius 3 is 2.84 bits per heavy atom. The van der Waals surface area contributed by atoms with Gasteiger partial charge in [-0.1, -0.05) is 56.6 Å². The molecule has 4 aromatic rings. The van der Waals surface area contributed by atoms with Gasteiger partial charge in [0.15, 0.2) is 0 Å². The molecular weight excluding hydrogens is 470 g/mol. The molecule has 0 aliphatic carbocycles. The fraction of sp³-hybridized carbons (Fsp3) is 0.440. The van der Waals surface area contributed by atoms with Gasteiger partial charge < -0.3 is 0 Å². The number of tetrazole rings is 2. The number of aliphatic imine (C=N–C) groups is 1. The zero-order chi connectivity index (χ0) is 25.8. The molecule has 5 rings (SSSR count). The Morgan fingerprint density at radius 2 is 2.11 bits per heavy atom. The third kappa shape index (κ3) is 4.91. The van der Waals surface area contributed by atoms with Gasteiger partial charge in [-0.25, -0.2) is 14.0 Å². The minimum absolute atomic E-state index is 0.157. The van der Waals surface area contributed by atoms with Crippen LogP contribution in [0, 0.1) is 5.92 Å². The Labute approximate surface area is 214 Å². The SMILES string of the molecule is CCCCc1cn(-c2nnnn2CC(C)C)c(=O)n1CC1(c2cccc(-c3nn[nH]n3)c2)C=CN=CC1. The van der Waals surface area contributed by atoms with Crippen LogP contribution in [0.25, 0.3) is 17.3 Å². The van der Waals surface area contributed by atoms with Gasteiger partial charge in [0.1, 0.15) is 0 Å². The Balaban J connectivity index is 1.59. The molecule has 3 aromatic heterocycles. The summed E-state index contributed by atoms with van der Waals surface area (Å²) in [4.78, 5) is 18.2. The van der Waals surface area contributed by atoms with E-state index in [9.17, 15) is 4.79 Å². The molecule has 12 heteroatoms. The maximum Gasteiger partial charge on any atom is 0.335 e. The van der Waals surface area contributed by atoms with Gasteiger partial charge in [0.25, 0.3) is 5.95 Å². The summed E-state index contributed by atoms with van der Waals surface area (Å²) >= 11 is 0. The Bertz CT molecular complexity index is 1460. The number of H-pyrrole nitrogens is 1. The second kappa shape index (κ2) is 10.4. The van der Waals surface area contributed by atoms with Crippen LogP contribution in [0.4, 0.5) is 0 Å². The molecule has 0 fully saturated rings. The van der Waals surface area contributed by atoms with Crippen molar-refractivity contribution in [1.82, 2.24) is 50.0 Å². The normalized spacial score (nSPS) is 17.2. The molecule has 37 heavy (non-hydrogen) atoms. The van der Waals surface area contributed by atoms with Gasteiger partial charge >= 0.3 is 5.69 Å². The van der Waals surface area contributed by atoms with E-state index >= 15 is 0 Å². The van der Waals surface area contributed by atoms with Crippen molar-refractivity contribution in [2.45, 2.75) is 65.0 Å². The molecule has 1 aromatic carbocycles. The van der Waals surface area contributed by atoms with Gasteiger partial charge in [-0.15, -0.1) is 10.2 Å². The molecule has 1 atom stereocenters. The van der Waals surface area contributed by atoms with Crippen LogP contribution in [0.5, 0.6) is 0 Å². The van der Waals surface area contributed by atoms with Crippen LogP contribution in [-0.2, 0) is 24.9 Å². The highest BCUT2D eigenvalue weighted by Crippen LogP contribution is 2.35. The first-order valence-electron chi connectivity index (χ1n) is 12.6. The molecule has 0 amide bonds. The molecule has 0 saturated heterocycles. The average molecular weight is 502 g/mol. The number of imidazole rings is 1. The van der Waals surface area contributed by atoms with Crippen molar-refractivity contribution < 1.29 is 0 Å². The van der Waals surface area contributed by atoms with Crippen LogP contribution < -0.4 is 5.69 Å². The number of unbranched alkanes of at least 4 members (excludes halogenated alkanes) is 1. The Kier molecular flexibility index (Phi) is 6.89. The molecule has 0 saturated carbocycles. The molecule has 1 aliphatic heterocycles. The molecule has 0 spiro atoms. The van der Waals surface area contributed by atoms with Gasteiger partial charge in [0.2, 0.25) is 5.82 Å². The first-order chi connectivity index (χ1) is 18.0. The van der Waals surface area contributed by atoms with Crippen molar-refractivity contribution in [2.75, 3.05) is 0 Å². The first-order valence-corrected chi connectivity index (χ1v) is 12.6. The van der Waals surface area contributed by atoms with E-state index < -0.39 is 5.41 Å². The minimum atomic E-state index is -0.484. The predicted molar refractivity (Wildman–Crippen MR) is 138 cm³/mol. The molecule has 12 nitrogen and oxygen atoms in total. The van der Waals surface area contributed by atoms with E-state index in [1.54, 1.807) is 15.4 Å². The fourth-order valence-electron chi connectivity index (χ4n) is 4.72. The lowest BCUT2D eigenvalue weighted by atomic mass is 9.76. The lowest BCUT2D eigenvalue weighted by Gasteiger charge is -2.32. The molecule has 0 radical (unpaired) electrons. The van der Waals surface area contributed by atoms with E-state index in [4.69, 9.17) is 0 Å². The largest absolute Gasteiger partial charge is 0.335 e. The first kappa shape index (κ1) is 24.5. The smallest absolute Gasteiger partial charge is 0.295 e. The van der Waals surface area contributed by atoms with Crippen molar-refractivity contribution in [3.8, 4) is 17.3 Å². The summed E-state index contributed by atoms with van der Waals surface area (Å²) < 4.78 is 5.14. The lowest BCUT2D eigenvalue weighted by Crippen LogP contribution is -2.37. The number of aromatic nitrogens is 10. The van der Waals surface area contributed by atoms with E-state index in [2.05, 4.69) is 80.1 Å². The average Bonchev–Trinajstić information content (AvgIpc) is 3.66. The van der Waals surface area contributed by atoms with Gasteiger partial charge in [-0.2, -0.15) is 5.21 Å². The quantitative estimate of drug-likeness (QED) is 0.353. The second-order valence-electron chi connectivity index (χ2n) is 9.84. The summed E-state index contributed by atoms with van der Waals surface area (Å²) in [6.07, 6.45) is 11.1. The number of aryl methyl sites for hydroxylation is 1. The molecule has 1 aliphatic rings. The number of nitrogens with zero attached hydrogens (tertiary/aromatic N) is 10. The van der Waals surface area contributed by atoms with Crippen LogP contribution in [-0.4, -0.2) is 56.2 Å². The summed E-state index contributed by atoms with van der Waals surface area (Å²) in [7, 11) is 0. The van der Waals surface area contributed by atoms with E-state index in [0.717, 1.165) is 36.1 Å². The molecular formula is C25H31N11O. The van der Waals surface area contributed by atoms with E-state index in [-0.39, 0.29) is 5.69 Å². The standard InChI is InChI=1S/C25H31N11O/c1-4-5-9-21-16-34(23-29-32-33-36(23)15-18(2)3)24(37)35(21)17-25(10-12-26-13-11-25)20-8-6-7-19(14-20)22-27-30-31-28-22/h6-8,10,12-14,16,18H,4-5,9,11,15,17H2,1-3H3,(H,27,28,30,31). The number of benzene rings is 1. The summed E-state index contributed by atoms with van der Waals surface area (Å²) in [6, 6.07) is 8.07. The van der Waals surface area contributed by atoms with Gasteiger partial charge in [-0.05, 0) is 52.5 Å². The van der Waals surface area contributed by atoms with Crippen molar-refractivity contribution in [3.05, 3.63) is 64.5 Å². The highest BCUT2D eigenvalue weighted by atomic mass is 16.2. The maximum atomic E-state index is 13.9. The van der Waals surface area contributed by atoms with Crippen molar-refractivity contribution >= 4 is 6.21 Å². The van der Waals surface area contributed by atoms with E-state index in [1.165, 1.54) is 0 Å². The second-order valence-corrected chi connectivity index (χ2v) is 9.84. The van der Waals surface area contributed by atoms with Crippen LogP contribution in [0.3, 0.4) is 0 Å². The van der Waals surface area contributed by atoms with Crippen LogP contribution >= 0.6 is 0 Å². The third-order valence-corrected chi connectivity index (χ3v) is 6.64. The summed E-state index contributed by atoms with van der Waals surface area (Å²) in [6.45, 7) is 7.40. The lowest BCUT2D eigenvalue weighted by molar-refractivity contribution is 0.436. The zero-order valence-corrected chi connectivity index (χ0v) is 21.3. The van der Waals surface area contributed by atoms with Gasteiger partial charge in [0, 0.05) is 48.4 Å². The van der Waals surface area contributed by atoms with Crippen molar-refractivity contribution in [2.24, 2.45) is 10.9 Å². The number of hydrogen-bond donors (Lipinski definition) is 1. The number of hydrogen-bond acceptors (Lipinski definition) is 8. The van der Waals surface area contributed by atoms with Crippen LogP contribution in [0.1, 0.15) is 51.3 Å². The maximum absolute atomic E-state index is 13.9. The highest BCUT2D eigenvalue weighted by molar-refractivity contribution is 5.65. The van der Waals surface area contributed by atoms with E-state index in [0.29, 0.717) is 37.2 Å². The number of aromatic amines is 1. The van der Waals surface area contributed by atoms with Gasteiger partial charge in [-0.3, -0.25) is 9.56 Å². The number of rotatable bonds is 10. The zero-order valence-electron chi connectivity index (χ0n) is 21.3. The number of nitrogens with one attached hydrogen (secondary N) is 1. The monoisotopic (exact) mass is 501 g/mol. The Hall–Kier alpha value is -4.22. The molecule has 1 N–H and O–H groups in total. The molecule has 0 bridgehead atoms. The summed E-state index contributed by atoms with van der Waals surface area (Å²) in [5.74, 6) is 1.29. The van der Waals surface area contributed by atoms with Crippen LogP contribution in [0.15, 0.2) is 52.5 Å². The van der Waals surface area contributed by atoms with Crippen molar-refractivity contribution in [1.29, 1.82) is 0 Å². The number of allylic oxidation sites excluding steroid dienone is 1. The highest BCUT2D eigenvalue weighted by Gasteiger charge is 2.33. The fourth-order valence-corrected chi connectivity index (χ4v) is 4.72.